The minimum absolute atomic E-state index is 0.0732. The molecule has 1 aromatic heterocycles. The third-order valence-electron chi connectivity index (χ3n) is 4.31. The van der Waals surface area contributed by atoms with Crippen molar-refractivity contribution in [2.45, 2.75) is 19.7 Å². The maximum Gasteiger partial charge on any atom is 0.269 e. The van der Waals surface area contributed by atoms with Gasteiger partial charge in [0.2, 0.25) is 0 Å². The fraction of sp³-hybridized carbons (Fsp3) is 0.250. The van der Waals surface area contributed by atoms with Crippen molar-refractivity contribution >= 4 is 5.69 Å². The molecule has 0 fully saturated rings. The normalized spacial score (nSPS) is 10.9. The quantitative estimate of drug-likeness (QED) is 0.488. The zero-order chi connectivity index (χ0) is 19.2. The molecule has 0 radical (unpaired) electrons. The highest BCUT2D eigenvalue weighted by atomic mass is 16.6. The van der Waals surface area contributed by atoms with E-state index < -0.39 is 4.92 Å². The maximum atomic E-state index is 10.8. The number of rotatable bonds is 8. The molecule has 0 aliphatic heterocycles. The Bertz CT molecular complexity index is 919. The Morgan fingerprint density at radius 3 is 2.41 bits per heavy atom. The lowest BCUT2D eigenvalue weighted by atomic mass is 10.1. The Hall–Kier alpha value is -3.03. The first-order valence-electron chi connectivity index (χ1n) is 8.62. The van der Waals surface area contributed by atoms with E-state index in [0.717, 1.165) is 22.4 Å². The number of benzene rings is 2. The number of ether oxygens (including phenoxy) is 1. The van der Waals surface area contributed by atoms with Crippen LogP contribution in [-0.4, -0.2) is 21.8 Å². The number of hydrogen-bond donors (Lipinski definition) is 1. The van der Waals surface area contributed by atoms with Gasteiger partial charge in [-0.05, 0) is 23.3 Å². The van der Waals surface area contributed by atoms with Crippen LogP contribution in [0.15, 0.2) is 54.7 Å². The zero-order valence-electron chi connectivity index (χ0n) is 15.4. The summed E-state index contributed by atoms with van der Waals surface area (Å²) in [6.45, 7) is 1.94. The van der Waals surface area contributed by atoms with Crippen LogP contribution >= 0.6 is 0 Å². The third kappa shape index (κ3) is 4.58. The molecule has 7 heteroatoms. The summed E-state index contributed by atoms with van der Waals surface area (Å²) in [7, 11) is 3.56. The number of aryl methyl sites for hydroxylation is 1. The van der Waals surface area contributed by atoms with Gasteiger partial charge in [-0.15, -0.1) is 0 Å². The largest absolute Gasteiger partial charge is 0.380 e. The summed E-state index contributed by atoms with van der Waals surface area (Å²) in [6, 6.07) is 14.6. The highest BCUT2D eigenvalue weighted by Crippen LogP contribution is 2.24. The predicted molar refractivity (Wildman–Crippen MR) is 103 cm³/mol. The number of methoxy groups -OCH3 is 1. The number of non-ortho nitro benzene ring substituents is 1. The fourth-order valence-electron chi connectivity index (χ4n) is 3.01. The van der Waals surface area contributed by atoms with Gasteiger partial charge in [0.1, 0.15) is 0 Å². The van der Waals surface area contributed by atoms with Crippen LogP contribution in [0, 0.1) is 10.1 Å². The molecular formula is C20H22N4O3. The van der Waals surface area contributed by atoms with E-state index >= 15 is 0 Å². The number of nitro benzene ring substituents is 1. The summed E-state index contributed by atoms with van der Waals surface area (Å²) in [5, 5.41) is 18.8. The molecule has 0 aliphatic rings. The smallest absolute Gasteiger partial charge is 0.269 e. The Kier molecular flexibility index (Phi) is 5.95. The van der Waals surface area contributed by atoms with Crippen LogP contribution in [0.2, 0.25) is 0 Å². The summed E-state index contributed by atoms with van der Waals surface area (Å²) < 4.78 is 7.01. The minimum Gasteiger partial charge on any atom is -0.380 e. The van der Waals surface area contributed by atoms with Crippen molar-refractivity contribution in [1.82, 2.24) is 15.1 Å². The Labute approximate surface area is 157 Å². The van der Waals surface area contributed by atoms with Crippen molar-refractivity contribution in [1.29, 1.82) is 0 Å². The summed E-state index contributed by atoms with van der Waals surface area (Å²) >= 11 is 0. The average Bonchev–Trinajstić information content (AvgIpc) is 3.04. The molecule has 0 aliphatic carbocycles. The van der Waals surface area contributed by atoms with Crippen LogP contribution in [0.3, 0.4) is 0 Å². The van der Waals surface area contributed by atoms with E-state index in [1.807, 2.05) is 25.4 Å². The highest BCUT2D eigenvalue weighted by Gasteiger charge is 2.12. The van der Waals surface area contributed by atoms with Gasteiger partial charge in [-0.25, -0.2) is 0 Å². The molecule has 27 heavy (non-hydrogen) atoms. The van der Waals surface area contributed by atoms with E-state index in [2.05, 4.69) is 22.5 Å². The SMILES string of the molecule is COCc1ccccc1CNCc1cn(C)nc1-c1ccc([N+](=O)[O-])cc1. The van der Waals surface area contributed by atoms with Gasteiger partial charge in [0, 0.05) is 56.7 Å². The van der Waals surface area contributed by atoms with Crippen molar-refractivity contribution in [3.63, 3.8) is 0 Å². The topological polar surface area (TPSA) is 82.2 Å². The van der Waals surface area contributed by atoms with E-state index in [-0.39, 0.29) is 5.69 Å². The first-order chi connectivity index (χ1) is 13.1. The Morgan fingerprint density at radius 2 is 1.74 bits per heavy atom. The van der Waals surface area contributed by atoms with E-state index in [1.165, 1.54) is 17.7 Å². The molecule has 0 saturated heterocycles. The van der Waals surface area contributed by atoms with Gasteiger partial charge in [0.15, 0.2) is 0 Å². The molecule has 3 aromatic rings. The van der Waals surface area contributed by atoms with E-state index in [9.17, 15) is 10.1 Å². The number of nitrogens with one attached hydrogen (secondary N) is 1. The summed E-state index contributed by atoms with van der Waals surface area (Å²) in [5.74, 6) is 0. The van der Waals surface area contributed by atoms with Crippen molar-refractivity contribution in [2.24, 2.45) is 7.05 Å². The minimum atomic E-state index is -0.401. The number of nitro groups is 1. The molecule has 0 spiro atoms. The lowest BCUT2D eigenvalue weighted by Crippen LogP contribution is -2.14. The van der Waals surface area contributed by atoms with Crippen LogP contribution < -0.4 is 5.32 Å². The van der Waals surface area contributed by atoms with Crippen LogP contribution in [-0.2, 0) is 31.5 Å². The average molecular weight is 366 g/mol. The summed E-state index contributed by atoms with van der Waals surface area (Å²) in [6.07, 6.45) is 1.96. The standard InChI is InChI=1S/C20H22N4O3/c1-23-13-18(12-21-11-16-5-3-4-6-17(16)14-27-2)20(22-23)15-7-9-19(10-8-15)24(25)26/h3-10,13,21H,11-12,14H2,1-2H3. The van der Waals surface area contributed by atoms with Gasteiger partial charge in [-0.1, -0.05) is 24.3 Å². The van der Waals surface area contributed by atoms with Gasteiger partial charge >= 0.3 is 0 Å². The second-order valence-electron chi connectivity index (χ2n) is 6.29. The fourth-order valence-corrected chi connectivity index (χ4v) is 3.01. The van der Waals surface area contributed by atoms with Gasteiger partial charge in [0.25, 0.3) is 5.69 Å². The zero-order valence-corrected chi connectivity index (χ0v) is 15.4. The lowest BCUT2D eigenvalue weighted by Gasteiger charge is -2.10. The Morgan fingerprint density at radius 1 is 1.07 bits per heavy atom. The number of aromatic nitrogens is 2. The molecule has 0 unspecified atom stereocenters. The predicted octanol–water partition coefficient (Wildman–Crippen LogP) is 3.43. The summed E-state index contributed by atoms with van der Waals surface area (Å²) in [4.78, 5) is 10.4. The molecule has 2 aromatic carbocycles. The molecule has 0 saturated carbocycles. The van der Waals surface area contributed by atoms with E-state index in [1.54, 1.807) is 23.9 Å². The number of hydrogen-bond acceptors (Lipinski definition) is 5. The molecule has 3 rings (SSSR count). The van der Waals surface area contributed by atoms with Gasteiger partial charge in [-0.2, -0.15) is 5.10 Å². The third-order valence-corrected chi connectivity index (χ3v) is 4.31. The van der Waals surface area contributed by atoms with Crippen LogP contribution in [0.5, 0.6) is 0 Å². The number of nitrogens with zero attached hydrogens (tertiary/aromatic N) is 3. The molecule has 0 amide bonds. The molecule has 1 N–H and O–H groups in total. The van der Waals surface area contributed by atoms with Crippen LogP contribution in [0.4, 0.5) is 5.69 Å². The van der Waals surface area contributed by atoms with Gasteiger partial charge in [0.05, 0.1) is 17.2 Å². The monoisotopic (exact) mass is 366 g/mol. The maximum absolute atomic E-state index is 10.8. The van der Waals surface area contributed by atoms with Crippen molar-refractivity contribution in [3.8, 4) is 11.3 Å². The van der Waals surface area contributed by atoms with Crippen LogP contribution in [0.1, 0.15) is 16.7 Å². The molecular weight excluding hydrogens is 344 g/mol. The van der Waals surface area contributed by atoms with Crippen LogP contribution in [0.25, 0.3) is 11.3 Å². The van der Waals surface area contributed by atoms with Crippen molar-refractivity contribution in [2.75, 3.05) is 7.11 Å². The second kappa shape index (κ2) is 8.57. The molecule has 1 heterocycles. The Balaban J connectivity index is 1.72. The van der Waals surface area contributed by atoms with E-state index in [0.29, 0.717) is 19.7 Å². The highest BCUT2D eigenvalue weighted by molar-refractivity contribution is 5.64. The van der Waals surface area contributed by atoms with E-state index in [4.69, 9.17) is 4.74 Å². The lowest BCUT2D eigenvalue weighted by molar-refractivity contribution is -0.384. The van der Waals surface area contributed by atoms with Crippen molar-refractivity contribution in [3.05, 3.63) is 81.5 Å². The van der Waals surface area contributed by atoms with Gasteiger partial charge in [-0.3, -0.25) is 14.8 Å². The first kappa shape index (κ1) is 18.8. The molecule has 7 nitrogen and oxygen atoms in total. The molecule has 0 atom stereocenters. The van der Waals surface area contributed by atoms with Crippen molar-refractivity contribution < 1.29 is 9.66 Å². The van der Waals surface area contributed by atoms with Gasteiger partial charge < -0.3 is 10.1 Å². The second-order valence-corrected chi connectivity index (χ2v) is 6.29. The molecule has 0 bridgehead atoms. The molecule has 140 valence electrons. The first-order valence-corrected chi connectivity index (χ1v) is 8.62. The summed E-state index contributed by atoms with van der Waals surface area (Å²) in [5.41, 5.74) is 5.15.